The number of carbonyl (C=O) groups is 2. The number of aliphatic imine (C=N–C) groups is 1. The summed E-state index contributed by atoms with van der Waals surface area (Å²) in [6, 6.07) is -0.475. The summed E-state index contributed by atoms with van der Waals surface area (Å²) in [6.45, 7) is 0.137. The Bertz CT molecular complexity index is 199. The molecule has 0 spiro atoms. The number of urea groups is 1. The molecule has 2 N–H and O–H groups in total. The zero-order valence-electron chi connectivity index (χ0n) is 5.07. The van der Waals surface area contributed by atoms with E-state index >= 15 is 0 Å². The van der Waals surface area contributed by atoms with Crippen molar-refractivity contribution < 1.29 is 14.7 Å². The lowest BCUT2D eigenvalue weighted by Crippen LogP contribution is -2.36. The monoisotopic (exact) mass is 142 g/mol. The van der Waals surface area contributed by atoms with Crippen molar-refractivity contribution in [3.05, 3.63) is 0 Å². The molecule has 5 nitrogen and oxygen atoms in total. The number of amides is 2. The molecule has 54 valence electrons. The maximum absolute atomic E-state index is 10.3. The molecular formula is C5H6N2O3. The van der Waals surface area contributed by atoms with Crippen LogP contribution < -0.4 is 5.32 Å². The van der Waals surface area contributed by atoms with Crippen LogP contribution >= 0.6 is 0 Å². The number of nitrogens with one attached hydrogen (secondary N) is 1. The first-order valence-electron chi connectivity index (χ1n) is 2.75. The first-order chi connectivity index (χ1) is 4.70. The zero-order valence-corrected chi connectivity index (χ0v) is 5.07. The molecule has 1 heterocycles. The van der Waals surface area contributed by atoms with Crippen LogP contribution in [0.2, 0.25) is 0 Å². The Morgan fingerprint density at radius 3 is 3.00 bits per heavy atom. The number of aliphatic carboxylic acids is 1. The number of carbonyl (C=O) groups excluding carboxylic acids is 1. The lowest BCUT2D eigenvalue weighted by molar-refractivity contribution is -0.139. The quantitative estimate of drug-likeness (QED) is 0.517. The largest absolute Gasteiger partial charge is 0.481 e. The minimum atomic E-state index is -0.969. The molecule has 0 saturated carbocycles. The Morgan fingerprint density at radius 2 is 2.60 bits per heavy atom. The van der Waals surface area contributed by atoms with E-state index in [1.807, 2.05) is 0 Å². The van der Waals surface area contributed by atoms with Gasteiger partial charge in [-0.3, -0.25) is 4.79 Å². The zero-order chi connectivity index (χ0) is 7.56. The number of hydrogen-bond acceptors (Lipinski definition) is 2. The van der Waals surface area contributed by atoms with Gasteiger partial charge in [-0.05, 0) is 0 Å². The van der Waals surface area contributed by atoms with Crippen LogP contribution in [0, 0.1) is 5.92 Å². The number of carboxylic acid groups (broad SMARTS) is 1. The van der Waals surface area contributed by atoms with E-state index in [4.69, 9.17) is 5.11 Å². The lowest BCUT2D eigenvalue weighted by atomic mass is 10.1. The fraction of sp³-hybridized carbons (Fsp3) is 0.400. The Kier molecular flexibility index (Phi) is 1.66. The fourth-order valence-corrected chi connectivity index (χ4v) is 0.604. The molecule has 1 aliphatic rings. The molecule has 2 amide bonds. The molecule has 0 aromatic carbocycles. The van der Waals surface area contributed by atoms with Crippen LogP contribution in [0.1, 0.15) is 0 Å². The molecule has 0 aliphatic carbocycles. The third kappa shape index (κ3) is 1.31. The molecule has 0 bridgehead atoms. The van der Waals surface area contributed by atoms with Gasteiger partial charge in [-0.1, -0.05) is 0 Å². The van der Waals surface area contributed by atoms with Gasteiger partial charge < -0.3 is 10.4 Å². The van der Waals surface area contributed by atoms with Gasteiger partial charge in [0.25, 0.3) is 0 Å². The van der Waals surface area contributed by atoms with Gasteiger partial charge >= 0.3 is 12.0 Å². The van der Waals surface area contributed by atoms with Crippen LogP contribution in [-0.4, -0.2) is 29.9 Å². The van der Waals surface area contributed by atoms with E-state index in [2.05, 4.69) is 10.3 Å². The smallest absolute Gasteiger partial charge is 0.340 e. The molecule has 5 heteroatoms. The van der Waals surface area contributed by atoms with E-state index in [9.17, 15) is 9.59 Å². The molecule has 1 aliphatic heterocycles. The van der Waals surface area contributed by atoms with E-state index in [1.54, 1.807) is 0 Å². The van der Waals surface area contributed by atoms with Gasteiger partial charge in [0.2, 0.25) is 0 Å². The van der Waals surface area contributed by atoms with Crippen LogP contribution in [0.25, 0.3) is 0 Å². The lowest BCUT2D eigenvalue weighted by Gasteiger charge is -2.10. The fourth-order valence-electron chi connectivity index (χ4n) is 0.604. The highest BCUT2D eigenvalue weighted by Gasteiger charge is 2.19. The normalized spacial score (nSPS) is 24.0. The Morgan fingerprint density at radius 1 is 1.90 bits per heavy atom. The van der Waals surface area contributed by atoms with Crippen LogP contribution in [-0.2, 0) is 4.79 Å². The number of hydrogen-bond donors (Lipinski definition) is 2. The van der Waals surface area contributed by atoms with Crippen molar-refractivity contribution >= 4 is 18.2 Å². The van der Waals surface area contributed by atoms with E-state index in [1.165, 1.54) is 0 Å². The molecule has 0 fully saturated rings. The highest BCUT2D eigenvalue weighted by atomic mass is 16.4. The summed E-state index contributed by atoms with van der Waals surface area (Å²) in [6.07, 6.45) is 1.14. The van der Waals surface area contributed by atoms with Crippen LogP contribution in [0.15, 0.2) is 4.99 Å². The average molecular weight is 142 g/mol. The molecule has 0 aromatic rings. The first-order valence-corrected chi connectivity index (χ1v) is 2.75. The predicted octanol–water partition coefficient (Wildman–Crippen LogP) is -0.519. The topological polar surface area (TPSA) is 78.8 Å². The Balaban J connectivity index is 2.61. The average Bonchev–Trinajstić information content (AvgIpc) is 1.88. The van der Waals surface area contributed by atoms with E-state index < -0.39 is 17.9 Å². The van der Waals surface area contributed by atoms with Crippen molar-refractivity contribution in [3.63, 3.8) is 0 Å². The summed E-state index contributed by atoms with van der Waals surface area (Å²) in [4.78, 5) is 23.8. The van der Waals surface area contributed by atoms with Gasteiger partial charge in [-0.2, -0.15) is 0 Å². The van der Waals surface area contributed by atoms with Crippen molar-refractivity contribution in [2.45, 2.75) is 0 Å². The first kappa shape index (κ1) is 6.73. The van der Waals surface area contributed by atoms with Crippen molar-refractivity contribution in [2.75, 3.05) is 6.54 Å². The standard InChI is InChI=1S/C5H6N2O3/c8-4(9)3-1-6-5(10)7-2-3/h1,3H,2H2,(H,7,10)(H,8,9). The molecular weight excluding hydrogens is 136 g/mol. The Labute approximate surface area is 56.8 Å². The summed E-state index contributed by atoms with van der Waals surface area (Å²) >= 11 is 0. The highest BCUT2D eigenvalue weighted by Crippen LogP contribution is 1.95. The highest BCUT2D eigenvalue weighted by molar-refractivity contribution is 5.96. The van der Waals surface area contributed by atoms with Crippen molar-refractivity contribution in [1.29, 1.82) is 0 Å². The van der Waals surface area contributed by atoms with Gasteiger partial charge in [-0.25, -0.2) is 9.79 Å². The summed E-state index contributed by atoms with van der Waals surface area (Å²) in [5.74, 6) is -1.64. The third-order valence-electron chi connectivity index (χ3n) is 1.16. The third-order valence-corrected chi connectivity index (χ3v) is 1.16. The summed E-state index contributed by atoms with van der Waals surface area (Å²) in [7, 11) is 0. The second-order valence-corrected chi connectivity index (χ2v) is 1.91. The molecule has 0 saturated heterocycles. The van der Waals surface area contributed by atoms with Crippen molar-refractivity contribution in [2.24, 2.45) is 10.9 Å². The minimum Gasteiger partial charge on any atom is -0.481 e. The van der Waals surface area contributed by atoms with Crippen LogP contribution in [0.4, 0.5) is 4.79 Å². The maximum Gasteiger partial charge on any atom is 0.340 e. The number of rotatable bonds is 1. The molecule has 0 radical (unpaired) electrons. The molecule has 10 heavy (non-hydrogen) atoms. The van der Waals surface area contributed by atoms with E-state index in [0.717, 1.165) is 6.21 Å². The SMILES string of the molecule is O=C1N=CC(C(=O)O)CN1. The van der Waals surface area contributed by atoms with Gasteiger partial charge in [0.15, 0.2) is 0 Å². The van der Waals surface area contributed by atoms with Gasteiger partial charge in [0, 0.05) is 12.8 Å². The second kappa shape index (κ2) is 2.47. The molecule has 0 aromatic heterocycles. The van der Waals surface area contributed by atoms with Crippen molar-refractivity contribution in [1.82, 2.24) is 5.32 Å². The van der Waals surface area contributed by atoms with E-state index in [0.29, 0.717) is 0 Å². The summed E-state index contributed by atoms with van der Waals surface area (Å²) in [5, 5.41) is 10.7. The van der Waals surface area contributed by atoms with Crippen LogP contribution in [0.5, 0.6) is 0 Å². The number of carboxylic acids is 1. The second-order valence-electron chi connectivity index (χ2n) is 1.91. The van der Waals surface area contributed by atoms with Gasteiger partial charge in [-0.15, -0.1) is 0 Å². The minimum absolute atomic E-state index is 0.137. The molecule has 1 rings (SSSR count). The van der Waals surface area contributed by atoms with Gasteiger partial charge in [0.05, 0.1) is 0 Å². The van der Waals surface area contributed by atoms with Crippen molar-refractivity contribution in [3.8, 4) is 0 Å². The molecule has 1 atom stereocenters. The van der Waals surface area contributed by atoms with E-state index in [-0.39, 0.29) is 6.54 Å². The number of nitrogens with zero attached hydrogens (tertiary/aromatic N) is 1. The maximum atomic E-state index is 10.3. The Hall–Kier alpha value is -1.39. The summed E-state index contributed by atoms with van der Waals surface area (Å²) in [5.41, 5.74) is 0. The molecule has 1 unspecified atom stereocenters. The predicted molar refractivity (Wildman–Crippen MR) is 33.0 cm³/mol. The van der Waals surface area contributed by atoms with Crippen LogP contribution in [0.3, 0.4) is 0 Å². The van der Waals surface area contributed by atoms with Gasteiger partial charge in [0.1, 0.15) is 5.92 Å². The summed E-state index contributed by atoms with van der Waals surface area (Å²) < 4.78 is 0.